The minimum absolute atomic E-state index is 0.106. The number of carboxylic acids is 1. The molecule has 24 heavy (non-hydrogen) atoms. The third-order valence-electron chi connectivity index (χ3n) is 5.73. The molecule has 7 nitrogen and oxygen atoms in total. The molecular weight excluding hydrogens is 316 g/mol. The molecule has 2 saturated heterocycles. The minimum Gasteiger partial charge on any atom is -0.479 e. The molecule has 2 aliphatic heterocycles. The summed E-state index contributed by atoms with van der Waals surface area (Å²) >= 11 is 0. The van der Waals surface area contributed by atoms with E-state index >= 15 is 0 Å². The van der Waals surface area contributed by atoms with E-state index in [1.807, 2.05) is 13.8 Å². The van der Waals surface area contributed by atoms with Gasteiger partial charge in [0.05, 0.1) is 24.4 Å². The summed E-state index contributed by atoms with van der Waals surface area (Å²) in [6, 6.07) is 0. The molecule has 140 valence electrons. The lowest BCUT2D eigenvalue weighted by atomic mass is 9.81. The number of rotatable bonds is 4. The minimum atomic E-state index is -1.41. The number of hydrogen-bond acceptors (Lipinski definition) is 6. The molecule has 0 radical (unpaired) electrons. The Kier molecular flexibility index (Phi) is 6.25. The summed E-state index contributed by atoms with van der Waals surface area (Å²) in [5, 5.41) is 29.6. The summed E-state index contributed by atoms with van der Waals surface area (Å²) < 4.78 is 17.4. The highest BCUT2D eigenvalue weighted by Gasteiger charge is 2.49. The third-order valence-corrected chi connectivity index (χ3v) is 5.73. The molecule has 0 aromatic heterocycles. The molecule has 7 heteroatoms. The molecule has 0 aromatic carbocycles. The SMILES string of the molecule is CCC1O[C@@H](C)C(C)[C@@H](C)[C@H]1O[C@H]1O[C@@H](C(=O)O)[C@@H](O)C(C)C1O. The van der Waals surface area contributed by atoms with Crippen LogP contribution in [0.25, 0.3) is 0 Å². The van der Waals surface area contributed by atoms with Crippen LogP contribution in [0.1, 0.15) is 41.0 Å². The van der Waals surface area contributed by atoms with Gasteiger partial charge in [-0.15, -0.1) is 0 Å². The van der Waals surface area contributed by atoms with Crippen LogP contribution in [0.3, 0.4) is 0 Å². The lowest BCUT2D eigenvalue weighted by molar-refractivity contribution is -0.317. The van der Waals surface area contributed by atoms with Crippen molar-refractivity contribution in [3.63, 3.8) is 0 Å². The van der Waals surface area contributed by atoms with Crippen LogP contribution >= 0.6 is 0 Å². The van der Waals surface area contributed by atoms with Crippen LogP contribution in [-0.4, -0.2) is 64.2 Å². The molecule has 0 spiro atoms. The lowest BCUT2D eigenvalue weighted by Gasteiger charge is -2.47. The molecule has 0 aromatic rings. The summed E-state index contributed by atoms with van der Waals surface area (Å²) in [7, 11) is 0. The van der Waals surface area contributed by atoms with Gasteiger partial charge in [0.25, 0.3) is 0 Å². The molecule has 4 unspecified atom stereocenters. The Labute approximate surface area is 142 Å². The second-order valence-electron chi connectivity index (χ2n) is 7.21. The Morgan fingerprint density at radius 1 is 1.00 bits per heavy atom. The fourth-order valence-corrected chi connectivity index (χ4v) is 3.59. The molecule has 2 fully saturated rings. The topological polar surface area (TPSA) is 105 Å². The van der Waals surface area contributed by atoms with Crippen molar-refractivity contribution in [3.05, 3.63) is 0 Å². The summed E-state index contributed by atoms with van der Waals surface area (Å²) in [6.45, 7) is 9.78. The van der Waals surface area contributed by atoms with Gasteiger partial charge in [0.15, 0.2) is 12.4 Å². The summed E-state index contributed by atoms with van der Waals surface area (Å²) in [6.07, 6.45) is -4.50. The van der Waals surface area contributed by atoms with Gasteiger partial charge in [0.2, 0.25) is 0 Å². The van der Waals surface area contributed by atoms with Crippen LogP contribution in [0, 0.1) is 17.8 Å². The van der Waals surface area contributed by atoms with Crippen molar-refractivity contribution >= 4 is 5.97 Å². The van der Waals surface area contributed by atoms with Gasteiger partial charge >= 0.3 is 5.97 Å². The average Bonchev–Trinajstić information content (AvgIpc) is 2.54. The highest BCUT2D eigenvalue weighted by atomic mass is 16.7. The number of aliphatic hydroxyl groups is 2. The van der Waals surface area contributed by atoms with Crippen molar-refractivity contribution in [3.8, 4) is 0 Å². The van der Waals surface area contributed by atoms with E-state index in [0.717, 1.165) is 6.42 Å². The van der Waals surface area contributed by atoms with Crippen LogP contribution < -0.4 is 0 Å². The molecule has 2 rings (SSSR count). The zero-order chi connectivity index (χ0) is 18.2. The van der Waals surface area contributed by atoms with E-state index in [1.54, 1.807) is 6.92 Å². The number of aliphatic hydroxyl groups excluding tert-OH is 2. The van der Waals surface area contributed by atoms with E-state index < -0.39 is 36.5 Å². The fraction of sp³-hybridized carbons (Fsp3) is 0.941. The largest absolute Gasteiger partial charge is 0.479 e. The first-order valence-electron chi connectivity index (χ1n) is 8.74. The first kappa shape index (κ1) is 19.6. The fourth-order valence-electron chi connectivity index (χ4n) is 3.59. The van der Waals surface area contributed by atoms with Crippen LogP contribution in [0.5, 0.6) is 0 Å². The number of ether oxygens (including phenoxy) is 3. The summed E-state index contributed by atoms with van der Waals surface area (Å²) in [5.74, 6) is -1.50. The van der Waals surface area contributed by atoms with Crippen molar-refractivity contribution in [1.29, 1.82) is 0 Å². The maximum absolute atomic E-state index is 11.3. The first-order chi connectivity index (χ1) is 11.2. The van der Waals surface area contributed by atoms with E-state index in [0.29, 0.717) is 0 Å². The zero-order valence-corrected chi connectivity index (χ0v) is 15.0. The molecule has 2 heterocycles. The molecule has 0 saturated carbocycles. The maximum Gasteiger partial charge on any atom is 0.335 e. The van der Waals surface area contributed by atoms with Crippen molar-refractivity contribution in [1.82, 2.24) is 0 Å². The van der Waals surface area contributed by atoms with Gasteiger partial charge in [0, 0.05) is 5.92 Å². The molecule has 0 bridgehead atoms. The third kappa shape index (κ3) is 3.60. The van der Waals surface area contributed by atoms with Gasteiger partial charge < -0.3 is 29.5 Å². The van der Waals surface area contributed by atoms with Crippen molar-refractivity contribution in [2.75, 3.05) is 0 Å². The number of carboxylic acid groups (broad SMARTS) is 1. The Hall–Kier alpha value is -0.730. The molecular formula is C17H30O7. The van der Waals surface area contributed by atoms with Gasteiger partial charge in [-0.3, -0.25) is 0 Å². The van der Waals surface area contributed by atoms with Gasteiger partial charge in [-0.2, -0.15) is 0 Å². The van der Waals surface area contributed by atoms with Gasteiger partial charge in [-0.25, -0.2) is 4.79 Å². The second kappa shape index (κ2) is 7.66. The second-order valence-corrected chi connectivity index (χ2v) is 7.21. The Morgan fingerprint density at radius 2 is 1.62 bits per heavy atom. The van der Waals surface area contributed by atoms with Crippen LogP contribution in [0.15, 0.2) is 0 Å². The average molecular weight is 346 g/mol. The van der Waals surface area contributed by atoms with Crippen LogP contribution in [0.4, 0.5) is 0 Å². The molecule has 2 aliphatic rings. The van der Waals surface area contributed by atoms with E-state index in [2.05, 4.69) is 13.8 Å². The van der Waals surface area contributed by atoms with E-state index in [9.17, 15) is 20.1 Å². The van der Waals surface area contributed by atoms with E-state index in [1.165, 1.54) is 0 Å². The van der Waals surface area contributed by atoms with Crippen LogP contribution in [0.2, 0.25) is 0 Å². The molecule has 10 atom stereocenters. The summed E-state index contributed by atoms with van der Waals surface area (Å²) in [4.78, 5) is 11.3. The van der Waals surface area contributed by atoms with Crippen LogP contribution in [-0.2, 0) is 19.0 Å². The Balaban J connectivity index is 2.16. The lowest BCUT2D eigenvalue weighted by Crippen LogP contribution is -2.59. The van der Waals surface area contributed by atoms with Gasteiger partial charge in [-0.05, 0) is 25.2 Å². The summed E-state index contributed by atoms with van der Waals surface area (Å²) in [5.41, 5.74) is 0. The van der Waals surface area contributed by atoms with Gasteiger partial charge in [0.1, 0.15) is 6.10 Å². The predicted octanol–water partition coefficient (Wildman–Crippen LogP) is 1.01. The standard InChI is InChI=1S/C17H30O7/c1-6-11-14(8(3)7(2)10(5)22-11)23-17-13(19)9(4)12(18)15(24-17)16(20)21/h7-15,17-19H,6H2,1-5H3,(H,20,21)/t7?,8-,9?,10+,11?,12+,13?,14-,15-,17+/m1/s1. The highest BCUT2D eigenvalue weighted by molar-refractivity contribution is 5.73. The molecule has 0 amide bonds. The zero-order valence-electron chi connectivity index (χ0n) is 15.0. The smallest absolute Gasteiger partial charge is 0.335 e. The molecule has 3 N–H and O–H groups in total. The Morgan fingerprint density at radius 3 is 2.17 bits per heavy atom. The number of aliphatic carboxylic acids is 1. The monoisotopic (exact) mass is 346 g/mol. The first-order valence-corrected chi connectivity index (χ1v) is 8.74. The number of carbonyl (C=O) groups is 1. The highest BCUT2D eigenvalue weighted by Crippen LogP contribution is 2.36. The number of hydrogen-bond donors (Lipinski definition) is 3. The van der Waals surface area contributed by atoms with Gasteiger partial charge in [-0.1, -0.05) is 27.7 Å². The van der Waals surface area contributed by atoms with E-state index in [-0.39, 0.29) is 30.1 Å². The van der Waals surface area contributed by atoms with Crippen molar-refractivity contribution < 1.29 is 34.3 Å². The quantitative estimate of drug-likeness (QED) is 0.697. The predicted molar refractivity (Wildman–Crippen MR) is 85.3 cm³/mol. The van der Waals surface area contributed by atoms with E-state index in [4.69, 9.17) is 14.2 Å². The van der Waals surface area contributed by atoms with Crippen molar-refractivity contribution in [2.45, 2.75) is 84.0 Å². The molecule has 0 aliphatic carbocycles. The Bertz CT molecular complexity index is 441. The maximum atomic E-state index is 11.3. The van der Waals surface area contributed by atoms with Crippen molar-refractivity contribution in [2.24, 2.45) is 17.8 Å². The normalized spacial score (nSPS) is 49.8.